The molecule has 3 nitrogen and oxygen atoms in total. The van der Waals surface area contributed by atoms with E-state index in [-0.39, 0.29) is 11.3 Å². The Morgan fingerprint density at radius 1 is 1.31 bits per heavy atom. The van der Waals surface area contributed by atoms with Gasteiger partial charge >= 0.3 is 0 Å². The Morgan fingerprint density at radius 2 is 2.00 bits per heavy atom. The Morgan fingerprint density at radius 3 is 2.50 bits per heavy atom. The summed E-state index contributed by atoms with van der Waals surface area (Å²) in [5, 5.41) is 13.0. The van der Waals surface area contributed by atoms with Crippen LogP contribution in [0.1, 0.15) is 26.3 Å². The molecule has 0 radical (unpaired) electrons. The summed E-state index contributed by atoms with van der Waals surface area (Å²) in [7, 11) is 1.55. The first-order valence-corrected chi connectivity index (χ1v) is 5.53. The molecule has 0 bridgehead atoms. The van der Waals surface area contributed by atoms with Crippen molar-refractivity contribution in [3.8, 4) is 11.5 Å². The van der Waals surface area contributed by atoms with Crippen LogP contribution in [-0.4, -0.2) is 24.3 Å². The number of phenols is 1. The number of hydrogen-bond acceptors (Lipinski definition) is 3. The van der Waals surface area contributed by atoms with Crippen molar-refractivity contribution < 1.29 is 9.84 Å². The fourth-order valence-corrected chi connectivity index (χ4v) is 1.47. The van der Waals surface area contributed by atoms with Gasteiger partial charge in [0, 0.05) is 5.54 Å². The second-order valence-electron chi connectivity index (χ2n) is 4.93. The van der Waals surface area contributed by atoms with Gasteiger partial charge in [0.25, 0.3) is 0 Å². The number of aromatic hydroxyl groups is 1. The molecule has 0 unspecified atom stereocenters. The lowest BCUT2D eigenvalue weighted by Gasteiger charge is -2.20. The van der Waals surface area contributed by atoms with Crippen LogP contribution in [0.4, 0.5) is 0 Å². The molecule has 90 valence electrons. The Balaban J connectivity index is 2.52. The first-order valence-electron chi connectivity index (χ1n) is 5.53. The van der Waals surface area contributed by atoms with E-state index in [0.29, 0.717) is 5.75 Å². The highest BCUT2D eigenvalue weighted by atomic mass is 16.5. The van der Waals surface area contributed by atoms with E-state index < -0.39 is 0 Å². The molecule has 0 saturated carbocycles. The minimum atomic E-state index is 0.133. The molecule has 0 aliphatic carbocycles. The maximum Gasteiger partial charge on any atom is 0.160 e. The molecule has 0 aromatic heterocycles. The zero-order chi connectivity index (χ0) is 12.2. The van der Waals surface area contributed by atoms with Crippen LogP contribution in [-0.2, 0) is 6.42 Å². The number of phenolic OH excluding ortho intramolecular Hbond substituents is 1. The molecule has 0 saturated heterocycles. The van der Waals surface area contributed by atoms with Crippen molar-refractivity contribution in [3.05, 3.63) is 23.8 Å². The van der Waals surface area contributed by atoms with E-state index in [2.05, 4.69) is 26.1 Å². The Labute approximate surface area is 97.4 Å². The van der Waals surface area contributed by atoms with Gasteiger partial charge in [0.2, 0.25) is 0 Å². The highest BCUT2D eigenvalue weighted by molar-refractivity contribution is 5.41. The summed E-state index contributed by atoms with van der Waals surface area (Å²) in [5.41, 5.74) is 1.24. The smallest absolute Gasteiger partial charge is 0.160 e. The predicted octanol–water partition coefficient (Wildman–Crippen LogP) is 2.33. The predicted molar refractivity (Wildman–Crippen MR) is 66.1 cm³/mol. The molecule has 0 aliphatic heterocycles. The monoisotopic (exact) mass is 223 g/mol. The summed E-state index contributed by atoms with van der Waals surface area (Å²) in [6.07, 6.45) is 0.898. The highest BCUT2D eigenvalue weighted by Gasteiger charge is 2.08. The van der Waals surface area contributed by atoms with Gasteiger partial charge in [-0.05, 0) is 51.4 Å². The van der Waals surface area contributed by atoms with Crippen molar-refractivity contribution >= 4 is 0 Å². The van der Waals surface area contributed by atoms with Gasteiger partial charge in [-0.25, -0.2) is 0 Å². The molecule has 0 amide bonds. The maximum atomic E-state index is 9.61. The molecule has 1 rings (SSSR count). The summed E-state index contributed by atoms with van der Waals surface area (Å²) in [5.74, 6) is 0.725. The van der Waals surface area contributed by atoms with E-state index in [9.17, 15) is 5.11 Å². The average molecular weight is 223 g/mol. The minimum absolute atomic E-state index is 0.133. The van der Waals surface area contributed by atoms with Gasteiger partial charge in [-0.3, -0.25) is 0 Å². The van der Waals surface area contributed by atoms with Crippen molar-refractivity contribution in [1.29, 1.82) is 0 Å². The first kappa shape index (κ1) is 12.8. The summed E-state index contributed by atoms with van der Waals surface area (Å²) in [6.45, 7) is 7.31. The van der Waals surface area contributed by atoms with Crippen LogP contribution < -0.4 is 10.1 Å². The fourth-order valence-electron chi connectivity index (χ4n) is 1.47. The molecule has 0 fully saturated rings. The number of ether oxygens (including phenoxy) is 1. The van der Waals surface area contributed by atoms with Crippen LogP contribution in [0, 0.1) is 0 Å². The number of rotatable bonds is 4. The lowest BCUT2D eigenvalue weighted by Crippen LogP contribution is -2.37. The molecule has 3 heteroatoms. The topological polar surface area (TPSA) is 41.5 Å². The summed E-state index contributed by atoms with van der Waals surface area (Å²) in [4.78, 5) is 0. The van der Waals surface area contributed by atoms with E-state index >= 15 is 0 Å². The second kappa shape index (κ2) is 5.21. The van der Waals surface area contributed by atoms with Gasteiger partial charge < -0.3 is 15.2 Å². The summed E-state index contributed by atoms with van der Waals surface area (Å²) in [6, 6.07) is 5.52. The molecular weight excluding hydrogens is 202 g/mol. The number of nitrogens with one attached hydrogen (secondary N) is 1. The van der Waals surface area contributed by atoms with Crippen LogP contribution in [0.25, 0.3) is 0 Å². The molecule has 0 atom stereocenters. The summed E-state index contributed by atoms with van der Waals surface area (Å²) < 4.78 is 4.99. The number of hydrogen-bond donors (Lipinski definition) is 2. The highest BCUT2D eigenvalue weighted by Crippen LogP contribution is 2.26. The van der Waals surface area contributed by atoms with E-state index in [1.54, 1.807) is 19.2 Å². The van der Waals surface area contributed by atoms with Crippen LogP contribution in [0.3, 0.4) is 0 Å². The van der Waals surface area contributed by atoms with Gasteiger partial charge in [0.05, 0.1) is 7.11 Å². The lowest BCUT2D eigenvalue weighted by atomic mass is 10.1. The minimum Gasteiger partial charge on any atom is -0.504 e. The fraction of sp³-hybridized carbons (Fsp3) is 0.538. The van der Waals surface area contributed by atoms with Gasteiger partial charge in [-0.2, -0.15) is 0 Å². The third-order valence-electron chi connectivity index (χ3n) is 2.31. The van der Waals surface area contributed by atoms with Crippen molar-refractivity contribution in [1.82, 2.24) is 5.32 Å². The van der Waals surface area contributed by atoms with E-state index in [4.69, 9.17) is 4.74 Å². The quantitative estimate of drug-likeness (QED) is 0.823. The Hall–Kier alpha value is -1.22. The standard InChI is InChI=1S/C13H21NO2/c1-13(2,3)14-8-7-10-5-6-12(16-4)11(15)9-10/h5-6,9,14-15H,7-8H2,1-4H3. The van der Waals surface area contributed by atoms with Crippen molar-refractivity contribution in [3.63, 3.8) is 0 Å². The SMILES string of the molecule is COc1ccc(CCNC(C)(C)C)cc1O. The van der Waals surface area contributed by atoms with Crippen LogP contribution in [0.15, 0.2) is 18.2 Å². The number of methoxy groups -OCH3 is 1. The van der Waals surface area contributed by atoms with Crippen molar-refractivity contribution in [2.24, 2.45) is 0 Å². The normalized spacial score (nSPS) is 11.5. The van der Waals surface area contributed by atoms with Crippen molar-refractivity contribution in [2.45, 2.75) is 32.7 Å². The van der Waals surface area contributed by atoms with Gasteiger partial charge in [-0.15, -0.1) is 0 Å². The molecule has 0 aliphatic rings. The van der Waals surface area contributed by atoms with E-state index in [1.165, 1.54) is 0 Å². The molecular formula is C13H21NO2. The van der Waals surface area contributed by atoms with Crippen LogP contribution in [0.2, 0.25) is 0 Å². The lowest BCUT2D eigenvalue weighted by molar-refractivity contribution is 0.373. The zero-order valence-corrected chi connectivity index (χ0v) is 10.5. The van der Waals surface area contributed by atoms with E-state index in [0.717, 1.165) is 18.5 Å². The second-order valence-corrected chi connectivity index (χ2v) is 4.93. The van der Waals surface area contributed by atoms with Gasteiger partial charge in [0.1, 0.15) is 0 Å². The Kier molecular flexibility index (Phi) is 4.19. The Bertz CT molecular complexity index is 342. The molecule has 16 heavy (non-hydrogen) atoms. The summed E-state index contributed by atoms with van der Waals surface area (Å²) >= 11 is 0. The average Bonchev–Trinajstić information content (AvgIpc) is 2.16. The number of benzene rings is 1. The molecule has 0 heterocycles. The van der Waals surface area contributed by atoms with E-state index in [1.807, 2.05) is 6.07 Å². The third-order valence-corrected chi connectivity index (χ3v) is 2.31. The first-order chi connectivity index (χ1) is 7.42. The van der Waals surface area contributed by atoms with Crippen LogP contribution in [0.5, 0.6) is 11.5 Å². The van der Waals surface area contributed by atoms with Gasteiger partial charge in [-0.1, -0.05) is 6.07 Å². The molecule has 1 aromatic rings. The van der Waals surface area contributed by atoms with Crippen LogP contribution >= 0.6 is 0 Å². The third kappa shape index (κ3) is 4.11. The van der Waals surface area contributed by atoms with Gasteiger partial charge in [0.15, 0.2) is 11.5 Å². The molecule has 0 spiro atoms. The molecule has 2 N–H and O–H groups in total. The zero-order valence-electron chi connectivity index (χ0n) is 10.5. The molecule has 1 aromatic carbocycles. The van der Waals surface area contributed by atoms with Crippen molar-refractivity contribution in [2.75, 3.05) is 13.7 Å². The maximum absolute atomic E-state index is 9.61. The largest absolute Gasteiger partial charge is 0.504 e.